The first-order valence-electron chi connectivity index (χ1n) is 8.63. The van der Waals surface area contributed by atoms with Crippen LogP contribution in [0.4, 0.5) is 23.2 Å². The number of carbonyl (C=O) groups excluding carboxylic acids is 1. The maximum atomic E-state index is 13.0. The zero-order chi connectivity index (χ0) is 21.7. The van der Waals surface area contributed by atoms with E-state index in [9.17, 15) is 30.8 Å². The zero-order valence-corrected chi connectivity index (χ0v) is 16.4. The number of hydrogen-bond donors (Lipinski definition) is 1. The van der Waals surface area contributed by atoms with Crippen LogP contribution in [-0.4, -0.2) is 27.1 Å². The number of nitrogens with zero attached hydrogens (tertiary/aromatic N) is 1. The Balaban J connectivity index is 1.89. The molecule has 0 saturated heterocycles. The van der Waals surface area contributed by atoms with Gasteiger partial charge in [0.05, 0.1) is 17.5 Å². The van der Waals surface area contributed by atoms with Crippen LogP contribution < -0.4 is 9.62 Å². The number of benzene rings is 2. The van der Waals surface area contributed by atoms with Crippen molar-refractivity contribution in [1.82, 2.24) is 5.32 Å². The first-order valence-corrected chi connectivity index (χ1v) is 10.5. The van der Waals surface area contributed by atoms with E-state index in [0.717, 1.165) is 34.8 Å². The Hall–Kier alpha value is -2.62. The lowest BCUT2D eigenvalue weighted by molar-refractivity contribution is -0.137. The van der Waals surface area contributed by atoms with Crippen molar-refractivity contribution in [3.8, 4) is 0 Å². The molecular formula is C19H20F4N2O3S. The second-order valence-corrected chi connectivity index (χ2v) is 8.30. The van der Waals surface area contributed by atoms with Crippen LogP contribution in [0.2, 0.25) is 0 Å². The molecule has 0 fully saturated rings. The van der Waals surface area contributed by atoms with Crippen molar-refractivity contribution in [2.45, 2.75) is 25.6 Å². The summed E-state index contributed by atoms with van der Waals surface area (Å²) in [5.74, 6) is -0.925. The van der Waals surface area contributed by atoms with Crippen LogP contribution >= 0.6 is 0 Å². The number of halogens is 4. The van der Waals surface area contributed by atoms with Gasteiger partial charge in [0.2, 0.25) is 15.9 Å². The van der Waals surface area contributed by atoms with E-state index in [1.165, 1.54) is 24.3 Å². The van der Waals surface area contributed by atoms with Crippen molar-refractivity contribution in [3.05, 3.63) is 65.5 Å². The Kier molecular flexibility index (Phi) is 7.23. The third kappa shape index (κ3) is 7.04. The summed E-state index contributed by atoms with van der Waals surface area (Å²) >= 11 is 0. The lowest BCUT2D eigenvalue weighted by atomic mass is 10.1. The average Bonchev–Trinajstić information content (AvgIpc) is 2.63. The molecule has 0 radical (unpaired) electrons. The smallest absolute Gasteiger partial charge is 0.352 e. The highest BCUT2D eigenvalue weighted by atomic mass is 32.2. The molecule has 0 heterocycles. The maximum absolute atomic E-state index is 13.0. The SMILES string of the molecule is CS(=O)(=O)N(CCCC(=O)NCc1cccc(C(F)(F)F)c1)c1ccc(F)cc1. The van der Waals surface area contributed by atoms with E-state index in [4.69, 9.17) is 0 Å². The fourth-order valence-corrected chi connectivity index (χ4v) is 3.59. The Morgan fingerprint density at radius 2 is 1.76 bits per heavy atom. The van der Waals surface area contributed by atoms with Gasteiger partial charge in [0.1, 0.15) is 5.82 Å². The molecule has 0 aliphatic heterocycles. The molecular weight excluding hydrogens is 412 g/mol. The fraction of sp³-hybridized carbons (Fsp3) is 0.316. The van der Waals surface area contributed by atoms with Crippen molar-refractivity contribution >= 4 is 21.6 Å². The highest BCUT2D eigenvalue weighted by Crippen LogP contribution is 2.29. The molecule has 1 N–H and O–H groups in total. The van der Waals surface area contributed by atoms with Crippen molar-refractivity contribution in [3.63, 3.8) is 0 Å². The van der Waals surface area contributed by atoms with Gasteiger partial charge < -0.3 is 5.32 Å². The number of carbonyl (C=O) groups is 1. The van der Waals surface area contributed by atoms with Crippen molar-refractivity contribution in [2.24, 2.45) is 0 Å². The predicted molar refractivity (Wildman–Crippen MR) is 101 cm³/mol. The van der Waals surface area contributed by atoms with Crippen LogP contribution in [0.15, 0.2) is 48.5 Å². The van der Waals surface area contributed by atoms with Gasteiger partial charge in [0, 0.05) is 19.5 Å². The normalized spacial score (nSPS) is 11.9. The second kappa shape index (κ2) is 9.25. The lowest BCUT2D eigenvalue weighted by Gasteiger charge is -2.22. The molecule has 5 nitrogen and oxygen atoms in total. The van der Waals surface area contributed by atoms with Crippen molar-refractivity contribution < 1.29 is 30.8 Å². The van der Waals surface area contributed by atoms with Gasteiger partial charge in [-0.1, -0.05) is 12.1 Å². The van der Waals surface area contributed by atoms with Gasteiger partial charge in [0.25, 0.3) is 0 Å². The van der Waals surface area contributed by atoms with Crippen LogP contribution in [0.25, 0.3) is 0 Å². The van der Waals surface area contributed by atoms with E-state index in [1.807, 2.05) is 0 Å². The molecule has 0 aliphatic rings. The molecule has 10 heteroatoms. The van der Waals surface area contributed by atoms with Crippen LogP contribution in [0.1, 0.15) is 24.0 Å². The van der Waals surface area contributed by atoms with Crippen LogP contribution in [0.3, 0.4) is 0 Å². The Morgan fingerprint density at radius 3 is 2.34 bits per heavy atom. The molecule has 0 unspecified atom stereocenters. The summed E-state index contributed by atoms with van der Waals surface area (Å²) < 4.78 is 76.1. The molecule has 29 heavy (non-hydrogen) atoms. The molecule has 0 bridgehead atoms. The number of anilines is 1. The molecule has 0 spiro atoms. The molecule has 2 rings (SSSR count). The van der Waals surface area contributed by atoms with Crippen molar-refractivity contribution in [2.75, 3.05) is 17.1 Å². The summed E-state index contributed by atoms with van der Waals surface area (Å²) in [6.07, 6.45) is -3.30. The molecule has 0 aliphatic carbocycles. The van der Waals surface area contributed by atoms with Gasteiger partial charge in [0.15, 0.2) is 0 Å². The van der Waals surface area contributed by atoms with E-state index < -0.39 is 33.5 Å². The highest BCUT2D eigenvalue weighted by Gasteiger charge is 2.30. The number of rotatable bonds is 8. The van der Waals surface area contributed by atoms with Crippen molar-refractivity contribution in [1.29, 1.82) is 0 Å². The second-order valence-electron chi connectivity index (χ2n) is 6.39. The van der Waals surface area contributed by atoms with E-state index in [-0.39, 0.29) is 31.6 Å². The Morgan fingerprint density at radius 1 is 1.10 bits per heavy atom. The molecule has 2 aromatic carbocycles. The average molecular weight is 432 g/mol. The van der Waals surface area contributed by atoms with E-state index >= 15 is 0 Å². The maximum Gasteiger partial charge on any atom is 0.416 e. The summed E-state index contributed by atoms with van der Waals surface area (Å²) in [5.41, 5.74) is -0.220. The largest absolute Gasteiger partial charge is 0.416 e. The molecule has 0 saturated carbocycles. The van der Waals surface area contributed by atoms with E-state index in [0.29, 0.717) is 5.56 Å². The molecule has 158 valence electrons. The fourth-order valence-electron chi connectivity index (χ4n) is 2.62. The zero-order valence-electron chi connectivity index (χ0n) is 15.5. The quantitative estimate of drug-likeness (QED) is 0.647. The first kappa shape index (κ1) is 22.7. The van der Waals surface area contributed by atoms with Crippen LogP contribution in [-0.2, 0) is 27.5 Å². The topological polar surface area (TPSA) is 66.5 Å². The van der Waals surface area contributed by atoms with Gasteiger partial charge in [-0.2, -0.15) is 13.2 Å². The Bertz CT molecular complexity index is 945. The lowest BCUT2D eigenvalue weighted by Crippen LogP contribution is -2.32. The number of amides is 1. The molecule has 0 aromatic heterocycles. The summed E-state index contributed by atoms with van der Waals surface area (Å²) in [6.45, 7) is -0.0715. The minimum absolute atomic E-state index is 0.00143. The summed E-state index contributed by atoms with van der Waals surface area (Å²) in [6, 6.07) is 9.55. The van der Waals surface area contributed by atoms with E-state index in [1.54, 1.807) is 0 Å². The summed E-state index contributed by atoms with van der Waals surface area (Å²) in [7, 11) is -3.63. The number of sulfonamides is 1. The third-order valence-corrected chi connectivity index (χ3v) is 5.22. The van der Waals surface area contributed by atoms with Gasteiger partial charge in [-0.25, -0.2) is 12.8 Å². The molecule has 2 aromatic rings. The third-order valence-electron chi connectivity index (χ3n) is 4.02. The predicted octanol–water partition coefficient (Wildman–Crippen LogP) is 3.71. The summed E-state index contributed by atoms with van der Waals surface area (Å²) in [5, 5.41) is 2.51. The molecule has 0 atom stereocenters. The Labute approximate surface area is 166 Å². The van der Waals surface area contributed by atoms with Gasteiger partial charge in [-0.3, -0.25) is 9.10 Å². The van der Waals surface area contributed by atoms with Gasteiger partial charge >= 0.3 is 6.18 Å². The van der Waals surface area contributed by atoms with Crippen LogP contribution in [0.5, 0.6) is 0 Å². The minimum Gasteiger partial charge on any atom is -0.352 e. The monoisotopic (exact) mass is 432 g/mol. The summed E-state index contributed by atoms with van der Waals surface area (Å²) in [4.78, 5) is 12.0. The van der Waals surface area contributed by atoms with Gasteiger partial charge in [-0.15, -0.1) is 0 Å². The number of nitrogens with one attached hydrogen (secondary N) is 1. The van der Waals surface area contributed by atoms with E-state index in [2.05, 4.69) is 5.32 Å². The molecule has 1 amide bonds. The standard InChI is InChI=1S/C19H20F4N2O3S/c1-29(27,28)25(17-9-7-16(20)8-10-17)11-3-6-18(26)24-13-14-4-2-5-15(12-14)19(21,22)23/h2,4-5,7-10,12H,3,6,11,13H2,1H3,(H,24,26). The number of alkyl halides is 3. The minimum atomic E-state index is -4.46. The number of hydrogen-bond acceptors (Lipinski definition) is 3. The van der Waals surface area contributed by atoms with Gasteiger partial charge in [-0.05, 0) is 48.4 Å². The first-order chi connectivity index (χ1) is 13.5. The highest BCUT2D eigenvalue weighted by molar-refractivity contribution is 7.92. The van der Waals surface area contributed by atoms with Crippen LogP contribution in [0, 0.1) is 5.82 Å².